The lowest BCUT2D eigenvalue weighted by molar-refractivity contribution is -0.137. The first-order valence-corrected chi connectivity index (χ1v) is 13.1. The average molecular weight is 570 g/mol. The number of carbonyl (C=O) groups is 2. The molecule has 4 aromatic rings. The van der Waals surface area contributed by atoms with E-state index in [-0.39, 0.29) is 23.9 Å². The zero-order valence-corrected chi connectivity index (χ0v) is 22.7. The first-order chi connectivity index (χ1) is 19.1. The average Bonchev–Trinajstić information content (AvgIpc) is 3.34. The number of aryl methyl sites for hydroxylation is 2. The number of hydrogen-bond donors (Lipinski definition) is 2. The van der Waals surface area contributed by atoms with E-state index in [2.05, 4.69) is 20.8 Å². The molecule has 0 unspecified atom stereocenters. The second-order valence-corrected chi connectivity index (χ2v) is 9.71. The van der Waals surface area contributed by atoms with Crippen LogP contribution in [-0.2, 0) is 17.5 Å². The predicted octanol–water partition coefficient (Wildman–Crippen LogP) is 5.57. The van der Waals surface area contributed by atoms with E-state index < -0.39 is 17.6 Å². The highest BCUT2D eigenvalue weighted by Gasteiger charge is 2.33. The Kier molecular flexibility index (Phi) is 8.78. The molecule has 0 saturated heterocycles. The largest absolute Gasteiger partial charge is 0.495 e. The number of aromatic nitrogens is 3. The summed E-state index contributed by atoms with van der Waals surface area (Å²) in [4.78, 5) is 25.4. The molecule has 0 fully saturated rings. The highest BCUT2D eigenvalue weighted by atomic mass is 32.2. The van der Waals surface area contributed by atoms with Gasteiger partial charge in [-0.2, -0.15) is 13.2 Å². The van der Waals surface area contributed by atoms with Gasteiger partial charge in [0.1, 0.15) is 5.75 Å². The third-order valence-electron chi connectivity index (χ3n) is 6.04. The molecule has 2 N–H and O–H groups in total. The van der Waals surface area contributed by atoms with Crippen LogP contribution in [0.25, 0.3) is 5.69 Å². The standard InChI is InChI=1S/C28H26F3N5O3S/c1-17-12-13-19(14-18(17)2)26(38)32-15-24-34-35-27(36(24)22-10-6-7-11-23(22)39-3)40-16-25(37)33-21-9-5-4-8-20(21)28(29,30)31/h4-14H,15-16H2,1-3H3,(H,32,38)(H,33,37). The number of nitrogens with one attached hydrogen (secondary N) is 2. The van der Waals surface area contributed by atoms with Gasteiger partial charge in [-0.3, -0.25) is 14.2 Å². The molecule has 0 aliphatic carbocycles. The van der Waals surface area contributed by atoms with Crippen molar-refractivity contribution in [2.75, 3.05) is 18.2 Å². The molecular formula is C28H26F3N5O3S. The van der Waals surface area contributed by atoms with Gasteiger partial charge in [0.15, 0.2) is 11.0 Å². The van der Waals surface area contributed by atoms with Crippen LogP contribution >= 0.6 is 11.8 Å². The molecule has 0 radical (unpaired) electrons. The first-order valence-electron chi connectivity index (χ1n) is 12.1. The first kappa shape index (κ1) is 28.7. The molecular weight excluding hydrogens is 543 g/mol. The van der Waals surface area contributed by atoms with E-state index in [4.69, 9.17) is 4.74 Å². The highest BCUT2D eigenvalue weighted by Crippen LogP contribution is 2.35. The van der Waals surface area contributed by atoms with Crippen molar-refractivity contribution in [2.45, 2.75) is 31.7 Å². The number of anilines is 1. The van der Waals surface area contributed by atoms with Crippen molar-refractivity contribution in [3.8, 4) is 11.4 Å². The van der Waals surface area contributed by atoms with Gasteiger partial charge in [0.2, 0.25) is 5.91 Å². The van der Waals surface area contributed by atoms with Crippen molar-refractivity contribution in [2.24, 2.45) is 0 Å². The minimum absolute atomic E-state index is 0.0164. The van der Waals surface area contributed by atoms with Gasteiger partial charge in [0, 0.05) is 5.56 Å². The molecule has 8 nitrogen and oxygen atoms in total. The number of methoxy groups -OCH3 is 1. The molecule has 0 aliphatic rings. The quantitative estimate of drug-likeness (QED) is 0.256. The van der Waals surface area contributed by atoms with Crippen LogP contribution in [0, 0.1) is 13.8 Å². The van der Waals surface area contributed by atoms with Gasteiger partial charge in [0.05, 0.1) is 36.3 Å². The molecule has 0 spiro atoms. The van der Waals surface area contributed by atoms with Crippen LogP contribution in [0.15, 0.2) is 71.9 Å². The molecule has 3 aromatic carbocycles. The number of carbonyl (C=O) groups excluding carboxylic acids is 2. The Morgan fingerprint density at radius 3 is 2.42 bits per heavy atom. The Bertz CT molecular complexity index is 1540. The maximum Gasteiger partial charge on any atom is 0.418 e. The summed E-state index contributed by atoms with van der Waals surface area (Å²) in [5, 5.41) is 13.9. The van der Waals surface area contributed by atoms with Crippen LogP contribution in [0.2, 0.25) is 0 Å². The second kappa shape index (κ2) is 12.2. The van der Waals surface area contributed by atoms with Crippen LogP contribution in [0.5, 0.6) is 5.75 Å². The minimum Gasteiger partial charge on any atom is -0.495 e. The van der Waals surface area contributed by atoms with E-state index in [1.54, 1.807) is 41.0 Å². The van der Waals surface area contributed by atoms with Crippen LogP contribution in [0.1, 0.15) is 32.9 Å². The van der Waals surface area contributed by atoms with Gasteiger partial charge in [0.25, 0.3) is 5.91 Å². The van der Waals surface area contributed by atoms with Gasteiger partial charge in [-0.25, -0.2) is 0 Å². The molecule has 0 saturated carbocycles. The number of ether oxygens (including phenoxy) is 1. The molecule has 0 atom stereocenters. The Balaban J connectivity index is 1.55. The molecule has 0 bridgehead atoms. The number of para-hydroxylation sites is 3. The fraction of sp³-hybridized carbons (Fsp3) is 0.214. The molecule has 208 valence electrons. The fourth-order valence-corrected chi connectivity index (χ4v) is 4.63. The van der Waals surface area contributed by atoms with E-state index in [9.17, 15) is 22.8 Å². The highest BCUT2D eigenvalue weighted by molar-refractivity contribution is 7.99. The third kappa shape index (κ3) is 6.63. The smallest absolute Gasteiger partial charge is 0.418 e. The van der Waals surface area contributed by atoms with Gasteiger partial charge in [-0.15, -0.1) is 10.2 Å². The summed E-state index contributed by atoms with van der Waals surface area (Å²) in [5.41, 5.74) is 1.85. The normalized spacial score (nSPS) is 11.2. The van der Waals surface area contributed by atoms with Gasteiger partial charge in [-0.1, -0.05) is 42.1 Å². The van der Waals surface area contributed by atoms with Crippen molar-refractivity contribution in [1.29, 1.82) is 0 Å². The van der Waals surface area contributed by atoms with Crippen LogP contribution in [0.4, 0.5) is 18.9 Å². The maximum absolute atomic E-state index is 13.3. The van der Waals surface area contributed by atoms with Gasteiger partial charge in [-0.05, 0) is 61.4 Å². The number of amides is 2. The zero-order valence-electron chi connectivity index (χ0n) is 21.9. The predicted molar refractivity (Wildman–Crippen MR) is 146 cm³/mol. The summed E-state index contributed by atoms with van der Waals surface area (Å²) in [5.74, 6) is -0.328. The monoisotopic (exact) mass is 569 g/mol. The number of rotatable bonds is 9. The van der Waals surface area contributed by atoms with E-state index in [1.807, 2.05) is 19.9 Å². The molecule has 12 heteroatoms. The SMILES string of the molecule is COc1ccccc1-n1c(CNC(=O)c2ccc(C)c(C)c2)nnc1SCC(=O)Nc1ccccc1C(F)(F)F. The van der Waals surface area contributed by atoms with E-state index in [1.165, 1.54) is 25.3 Å². The number of nitrogens with zero attached hydrogens (tertiary/aromatic N) is 3. The van der Waals surface area contributed by atoms with E-state index in [0.717, 1.165) is 29.0 Å². The molecule has 1 aromatic heterocycles. The summed E-state index contributed by atoms with van der Waals surface area (Å²) in [6.45, 7) is 3.90. The summed E-state index contributed by atoms with van der Waals surface area (Å²) in [6, 6.07) is 17.2. The number of thioether (sulfide) groups is 1. The minimum atomic E-state index is -4.61. The Labute approximate surface area is 233 Å². The van der Waals surface area contributed by atoms with Gasteiger partial charge >= 0.3 is 6.18 Å². The fourth-order valence-electron chi connectivity index (χ4n) is 3.86. The lowest BCUT2D eigenvalue weighted by atomic mass is 10.1. The lowest BCUT2D eigenvalue weighted by Gasteiger charge is -2.15. The van der Waals surface area contributed by atoms with Crippen LogP contribution < -0.4 is 15.4 Å². The number of halogens is 3. The number of benzene rings is 3. The number of hydrogen-bond acceptors (Lipinski definition) is 6. The molecule has 2 amide bonds. The molecule has 40 heavy (non-hydrogen) atoms. The maximum atomic E-state index is 13.3. The lowest BCUT2D eigenvalue weighted by Crippen LogP contribution is -2.25. The molecule has 0 aliphatic heterocycles. The summed E-state index contributed by atoms with van der Waals surface area (Å²) >= 11 is 0.985. The summed E-state index contributed by atoms with van der Waals surface area (Å²) < 4.78 is 47.1. The Morgan fingerprint density at radius 2 is 1.70 bits per heavy atom. The van der Waals surface area contributed by atoms with Crippen LogP contribution in [0.3, 0.4) is 0 Å². The molecule has 1 heterocycles. The summed E-state index contributed by atoms with van der Waals surface area (Å²) in [7, 11) is 1.50. The zero-order chi connectivity index (χ0) is 28.9. The van der Waals surface area contributed by atoms with Crippen molar-refractivity contribution in [1.82, 2.24) is 20.1 Å². The second-order valence-electron chi connectivity index (χ2n) is 8.77. The number of alkyl halides is 3. The third-order valence-corrected chi connectivity index (χ3v) is 6.97. The van der Waals surface area contributed by atoms with Crippen LogP contribution in [-0.4, -0.2) is 39.4 Å². The topological polar surface area (TPSA) is 98.1 Å². The van der Waals surface area contributed by atoms with Crippen molar-refractivity contribution in [3.05, 3.63) is 94.8 Å². The van der Waals surface area contributed by atoms with Gasteiger partial charge < -0.3 is 15.4 Å². The van der Waals surface area contributed by atoms with E-state index in [0.29, 0.717) is 28.0 Å². The van der Waals surface area contributed by atoms with E-state index >= 15 is 0 Å². The Morgan fingerprint density at radius 1 is 0.975 bits per heavy atom. The van der Waals surface area contributed by atoms with Crippen molar-refractivity contribution >= 4 is 29.3 Å². The Hall–Kier alpha value is -4.32. The van der Waals surface area contributed by atoms with Crippen molar-refractivity contribution in [3.63, 3.8) is 0 Å². The molecule has 4 rings (SSSR count). The van der Waals surface area contributed by atoms with Crippen molar-refractivity contribution < 1.29 is 27.5 Å². The summed E-state index contributed by atoms with van der Waals surface area (Å²) in [6.07, 6.45) is -4.61.